The fraction of sp³-hybridized carbons (Fsp3) is 0.316. The quantitative estimate of drug-likeness (QED) is 0.525. The summed E-state index contributed by atoms with van der Waals surface area (Å²) in [6.45, 7) is 2.71. The summed E-state index contributed by atoms with van der Waals surface area (Å²) < 4.78 is 21.3. The van der Waals surface area contributed by atoms with Gasteiger partial charge in [-0.15, -0.1) is 0 Å². The number of ether oxygens (including phenoxy) is 4. The lowest BCUT2D eigenvalue weighted by Crippen LogP contribution is -2.22. The molecule has 0 aliphatic rings. The van der Waals surface area contributed by atoms with E-state index in [4.69, 9.17) is 36.3 Å². The standard InChI is InChI=1S/C19H24ClN3O4/c1-5-27-18-14(20)8-12(9-17(18)26-4)11-22-19(21)23-13-6-7-15(24-2)16(10-13)25-3/h6-10H,5,11H2,1-4H3,(H3,21,22,23). The third-order valence-corrected chi connectivity index (χ3v) is 3.95. The van der Waals surface area contributed by atoms with Crippen molar-refractivity contribution in [3.8, 4) is 23.0 Å². The van der Waals surface area contributed by atoms with Crippen molar-refractivity contribution in [2.75, 3.05) is 33.3 Å². The van der Waals surface area contributed by atoms with Gasteiger partial charge in [-0.05, 0) is 36.8 Å². The molecule has 2 rings (SSSR count). The second-order valence-corrected chi connectivity index (χ2v) is 5.85. The van der Waals surface area contributed by atoms with Crippen molar-refractivity contribution >= 4 is 23.2 Å². The monoisotopic (exact) mass is 393 g/mol. The van der Waals surface area contributed by atoms with Crippen molar-refractivity contribution in [2.45, 2.75) is 13.5 Å². The molecule has 0 saturated carbocycles. The smallest absolute Gasteiger partial charge is 0.193 e. The summed E-state index contributed by atoms with van der Waals surface area (Å²) in [7, 11) is 4.72. The number of nitrogens with two attached hydrogens (primary N) is 1. The van der Waals surface area contributed by atoms with E-state index in [0.29, 0.717) is 41.2 Å². The molecule has 146 valence electrons. The first kappa shape index (κ1) is 20.5. The van der Waals surface area contributed by atoms with Gasteiger partial charge in [0.2, 0.25) is 0 Å². The SMILES string of the molecule is CCOc1c(Cl)cc(CN=C(N)Nc2ccc(OC)c(OC)c2)cc1OC. The minimum atomic E-state index is 0.256. The number of anilines is 1. The fourth-order valence-electron chi connectivity index (χ4n) is 2.43. The lowest BCUT2D eigenvalue weighted by Gasteiger charge is -2.13. The summed E-state index contributed by atoms with van der Waals surface area (Å²) in [5.41, 5.74) is 7.56. The van der Waals surface area contributed by atoms with E-state index >= 15 is 0 Å². The Labute approximate surface area is 164 Å². The number of methoxy groups -OCH3 is 3. The Kier molecular flexibility index (Phi) is 7.43. The first-order valence-corrected chi connectivity index (χ1v) is 8.68. The Morgan fingerprint density at radius 2 is 1.74 bits per heavy atom. The number of aliphatic imine (C=N–C) groups is 1. The zero-order valence-corrected chi connectivity index (χ0v) is 16.6. The maximum absolute atomic E-state index is 6.27. The van der Waals surface area contributed by atoms with Crippen LogP contribution in [0.2, 0.25) is 5.02 Å². The van der Waals surface area contributed by atoms with Gasteiger partial charge in [0.15, 0.2) is 29.0 Å². The van der Waals surface area contributed by atoms with Crippen molar-refractivity contribution in [1.82, 2.24) is 0 Å². The Morgan fingerprint density at radius 1 is 1.04 bits per heavy atom. The number of benzene rings is 2. The predicted octanol–water partition coefficient (Wildman–Crippen LogP) is 3.69. The molecule has 0 bridgehead atoms. The molecule has 0 unspecified atom stereocenters. The van der Waals surface area contributed by atoms with Crippen LogP contribution in [0.4, 0.5) is 5.69 Å². The van der Waals surface area contributed by atoms with Gasteiger partial charge in [-0.1, -0.05) is 11.6 Å². The van der Waals surface area contributed by atoms with Crippen LogP contribution >= 0.6 is 11.6 Å². The fourth-order valence-corrected chi connectivity index (χ4v) is 2.71. The third-order valence-electron chi connectivity index (χ3n) is 3.67. The van der Waals surface area contributed by atoms with Crippen molar-refractivity contribution in [1.29, 1.82) is 0 Å². The first-order valence-electron chi connectivity index (χ1n) is 8.30. The average molecular weight is 394 g/mol. The molecular formula is C19H24ClN3O4. The van der Waals surface area contributed by atoms with Gasteiger partial charge in [-0.2, -0.15) is 0 Å². The summed E-state index contributed by atoms with van der Waals surface area (Å²) in [6, 6.07) is 8.98. The van der Waals surface area contributed by atoms with E-state index in [1.165, 1.54) is 0 Å². The molecule has 0 atom stereocenters. The lowest BCUT2D eigenvalue weighted by molar-refractivity contribution is 0.311. The zero-order valence-electron chi connectivity index (χ0n) is 15.8. The molecule has 3 N–H and O–H groups in total. The Morgan fingerprint density at radius 3 is 2.37 bits per heavy atom. The Hall–Kier alpha value is -2.80. The number of hydrogen-bond acceptors (Lipinski definition) is 5. The molecule has 8 heteroatoms. The first-order chi connectivity index (χ1) is 13.0. The van der Waals surface area contributed by atoms with Gasteiger partial charge in [0, 0.05) is 11.8 Å². The number of rotatable bonds is 8. The molecule has 7 nitrogen and oxygen atoms in total. The van der Waals surface area contributed by atoms with Gasteiger partial charge < -0.3 is 30.0 Å². The normalized spacial score (nSPS) is 11.1. The second-order valence-electron chi connectivity index (χ2n) is 5.44. The minimum Gasteiger partial charge on any atom is -0.493 e. The van der Waals surface area contributed by atoms with Gasteiger partial charge in [0.05, 0.1) is 39.5 Å². The van der Waals surface area contributed by atoms with E-state index in [1.807, 2.05) is 19.1 Å². The van der Waals surface area contributed by atoms with Crippen LogP contribution < -0.4 is 30.0 Å². The van der Waals surface area contributed by atoms with Crippen LogP contribution in [0.15, 0.2) is 35.3 Å². The highest BCUT2D eigenvalue weighted by molar-refractivity contribution is 6.32. The predicted molar refractivity (Wildman–Crippen MR) is 108 cm³/mol. The van der Waals surface area contributed by atoms with E-state index in [-0.39, 0.29) is 5.96 Å². The molecule has 0 spiro atoms. The molecule has 0 heterocycles. The van der Waals surface area contributed by atoms with Crippen LogP contribution in [0.3, 0.4) is 0 Å². The third kappa shape index (κ3) is 5.34. The van der Waals surface area contributed by atoms with Crippen LogP contribution in [0.1, 0.15) is 12.5 Å². The number of nitrogens with one attached hydrogen (secondary N) is 1. The van der Waals surface area contributed by atoms with Crippen molar-refractivity contribution in [3.63, 3.8) is 0 Å². The van der Waals surface area contributed by atoms with E-state index in [2.05, 4.69) is 10.3 Å². The largest absolute Gasteiger partial charge is 0.493 e. The topological polar surface area (TPSA) is 87.3 Å². The van der Waals surface area contributed by atoms with Gasteiger partial charge in [0.25, 0.3) is 0 Å². The Balaban J connectivity index is 2.12. The molecule has 0 aliphatic heterocycles. The number of guanidine groups is 1. The number of hydrogen-bond donors (Lipinski definition) is 2. The summed E-state index contributed by atoms with van der Waals surface area (Å²) in [4.78, 5) is 4.34. The lowest BCUT2D eigenvalue weighted by atomic mass is 10.2. The second kappa shape index (κ2) is 9.78. The zero-order chi connectivity index (χ0) is 19.8. The van der Waals surface area contributed by atoms with Gasteiger partial charge in [0.1, 0.15) is 0 Å². The summed E-state index contributed by atoms with van der Waals surface area (Å²) in [5, 5.41) is 3.48. The van der Waals surface area contributed by atoms with Crippen LogP contribution in [-0.4, -0.2) is 33.9 Å². The highest BCUT2D eigenvalue weighted by Crippen LogP contribution is 2.36. The minimum absolute atomic E-state index is 0.256. The summed E-state index contributed by atoms with van der Waals surface area (Å²) in [6.07, 6.45) is 0. The molecule has 0 fully saturated rings. The van der Waals surface area contributed by atoms with E-state index < -0.39 is 0 Å². The average Bonchev–Trinajstić information content (AvgIpc) is 2.67. The molecule has 2 aromatic carbocycles. The van der Waals surface area contributed by atoms with Crippen molar-refractivity contribution in [3.05, 3.63) is 40.9 Å². The van der Waals surface area contributed by atoms with E-state index in [0.717, 1.165) is 11.3 Å². The molecule has 2 aromatic rings. The molecule has 0 saturated heterocycles. The maximum Gasteiger partial charge on any atom is 0.193 e. The molecule has 0 radical (unpaired) electrons. The highest BCUT2D eigenvalue weighted by atomic mass is 35.5. The molecule has 0 aliphatic carbocycles. The molecule has 27 heavy (non-hydrogen) atoms. The van der Waals surface area contributed by atoms with E-state index in [1.54, 1.807) is 39.5 Å². The van der Waals surface area contributed by atoms with Crippen LogP contribution in [0.5, 0.6) is 23.0 Å². The van der Waals surface area contributed by atoms with Gasteiger partial charge in [-0.3, -0.25) is 0 Å². The molecule has 0 aromatic heterocycles. The summed E-state index contributed by atoms with van der Waals surface area (Å²) in [5.74, 6) is 2.56. The maximum atomic E-state index is 6.27. The van der Waals surface area contributed by atoms with Crippen LogP contribution in [-0.2, 0) is 6.54 Å². The van der Waals surface area contributed by atoms with E-state index in [9.17, 15) is 0 Å². The number of halogens is 1. The molecular weight excluding hydrogens is 370 g/mol. The van der Waals surface area contributed by atoms with Crippen molar-refractivity contribution in [2.24, 2.45) is 10.7 Å². The molecule has 0 amide bonds. The highest BCUT2D eigenvalue weighted by Gasteiger charge is 2.11. The van der Waals surface area contributed by atoms with Gasteiger partial charge in [-0.25, -0.2) is 4.99 Å². The number of nitrogens with zero attached hydrogens (tertiary/aromatic N) is 1. The van der Waals surface area contributed by atoms with Crippen molar-refractivity contribution < 1.29 is 18.9 Å². The van der Waals surface area contributed by atoms with Crippen LogP contribution in [0.25, 0.3) is 0 Å². The van der Waals surface area contributed by atoms with Gasteiger partial charge >= 0.3 is 0 Å². The summed E-state index contributed by atoms with van der Waals surface area (Å²) >= 11 is 6.27. The van der Waals surface area contributed by atoms with Crippen LogP contribution in [0, 0.1) is 0 Å². The Bertz CT molecular complexity index is 812.